The van der Waals surface area contributed by atoms with Gasteiger partial charge >= 0.3 is 17.9 Å². The van der Waals surface area contributed by atoms with E-state index in [1.165, 1.54) is 109 Å². The first-order chi connectivity index (χ1) is 39.9. The van der Waals surface area contributed by atoms with Crippen LogP contribution in [0.1, 0.15) is 21.7 Å². The monoisotopic (exact) mass is 1270 g/mol. The van der Waals surface area contributed by atoms with Gasteiger partial charge in [0.1, 0.15) is 70.1 Å². The number of carbonyl (C=O) groups excluding carboxylic acids is 8. The van der Waals surface area contributed by atoms with E-state index in [9.17, 15) is 63.3 Å². The first-order valence-corrected chi connectivity index (χ1v) is 31.4. The van der Waals surface area contributed by atoms with E-state index in [-0.39, 0.29) is 54.9 Å². The molecule has 34 heteroatoms. The van der Waals surface area contributed by atoms with Gasteiger partial charge in [-0.3, -0.25) is 48.3 Å². The van der Waals surface area contributed by atoms with E-state index < -0.39 is 81.8 Å². The Balaban J connectivity index is 0.000000150. The van der Waals surface area contributed by atoms with Crippen molar-refractivity contribution in [2.45, 2.75) is 78.4 Å². The molecule has 0 bridgehead atoms. The van der Waals surface area contributed by atoms with Gasteiger partial charge in [0.25, 0.3) is 17.7 Å². The van der Waals surface area contributed by atoms with Gasteiger partial charge in [-0.25, -0.2) is 18.8 Å². The lowest BCUT2D eigenvalue weighted by Gasteiger charge is -2.50. The predicted molar refractivity (Wildman–Crippen MR) is 299 cm³/mol. The van der Waals surface area contributed by atoms with Crippen molar-refractivity contribution in [1.29, 1.82) is 0 Å². The summed E-state index contributed by atoms with van der Waals surface area (Å²) in [6.07, 6.45) is 5.35. The van der Waals surface area contributed by atoms with Gasteiger partial charge < -0.3 is 40.8 Å². The van der Waals surface area contributed by atoms with E-state index >= 15 is 0 Å². The third-order valence-electron chi connectivity index (χ3n) is 12.7. The number of aryl methyl sites for hydroxylation is 1. The summed E-state index contributed by atoms with van der Waals surface area (Å²) < 4.78 is 8.70. The normalized spacial score (nSPS) is 21.3. The summed E-state index contributed by atoms with van der Waals surface area (Å²) in [5.41, 5.74) is 1.37. The number of hydrogen-bond acceptors (Lipinski definition) is 24. The highest BCUT2D eigenvalue weighted by Gasteiger charge is 2.56. The number of carboxylic acids is 3. The highest BCUT2D eigenvalue weighted by molar-refractivity contribution is 8.02. The maximum absolute atomic E-state index is 12.6. The second-order valence-corrected chi connectivity index (χ2v) is 26.1. The molecular weight excluding hydrogens is 1220 g/mol. The fraction of sp³-hybridized carbons (Fsp3) is 0.347. The van der Waals surface area contributed by atoms with E-state index in [1.807, 2.05) is 77.1 Å². The van der Waals surface area contributed by atoms with Crippen LogP contribution < -0.4 is 25.6 Å². The number of hydrogen-bond donors (Lipinski definition) is 5. The van der Waals surface area contributed by atoms with Crippen LogP contribution in [0.15, 0.2) is 110 Å². The zero-order valence-electron chi connectivity index (χ0n) is 43.4. The highest BCUT2D eigenvalue weighted by atomic mass is 32.2. The molecule has 0 spiro atoms. The van der Waals surface area contributed by atoms with Crippen LogP contribution in [-0.4, -0.2) is 179 Å². The molecule has 27 nitrogen and oxygen atoms in total. The largest absolute Gasteiger partial charge is 0.543 e. The Morgan fingerprint density at radius 2 is 1.23 bits per heavy atom. The van der Waals surface area contributed by atoms with Crippen LogP contribution in [0.4, 0.5) is 0 Å². The SMILES string of the molecule is CC(=O)OCC1=C(C(=O)O)N2C(=O)[C@@H](NC(=O)Cc3cccs3)[C@H]2SC1.Cc1nnc(SCC2=C(C(=O)O)N3C(=O)[C@@H](NC(=O)Cn4cnnn4)[C@H]3SC2)s1.O=C(Cc1cccs1)N[C@@H]1C(=O)N2C(C(=O)[O-])=C(C[n+]3ccccc3)CS[C@H]12. The first kappa shape index (κ1) is 60.1. The zero-order valence-corrected chi connectivity index (χ0v) is 49.1. The van der Waals surface area contributed by atoms with Crippen LogP contribution in [0, 0.1) is 6.92 Å². The highest BCUT2D eigenvalue weighted by Crippen LogP contribution is 2.43. The van der Waals surface area contributed by atoms with E-state index in [4.69, 9.17) is 4.74 Å². The number of tetrazole rings is 1. The molecule has 83 heavy (non-hydrogen) atoms. The van der Waals surface area contributed by atoms with E-state index in [0.29, 0.717) is 46.3 Å². The van der Waals surface area contributed by atoms with Gasteiger partial charge in [-0.2, -0.15) is 0 Å². The second-order valence-electron chi connectivity index (χ2n) is 18.3. The molecule has 5 aromatic rings. The number of aromatic nitrogens is 7. The van der Waals surface area contributed by atoms with Crippen LogP contribution in [-0.2, 0) is 78.6 Å². The molecule has 5 N–H and O–H groups in total. The number of fused-ring (bicyclic) bond motifs is 3. The molecule has 6 amide bonds. The standard InChI is InChI=1S/C19H17N3O4S2.C16H16N2O6S2.C14H14N8O4S3/c23-14(9-13-5-4-8-27-13)20-15-17(24)22-16(19(25)26)12(11-28-18(15)22)10-21-6-2-1-3-7-21;1-8(19)24-6-9-7-26-15-12(14(21)18(15)13(9)16(22)23)17-11(20)5-10-3-2-4-25-10;1-6-17-18-14(29-6)28-4-7-3-27-12-9(11(24)22(12)10(7)13(25)26)16-8(23)2-21-5-15-19-20-21/h1-8,15,18H,9-11H2,(H-,20,23,25,26);2-4,12,15H,5-7H2,1H3,(H,17,20)(H,22,23);5,9,12H,2-4H2,1H3,(H,16,23)(H,25,26)/t15-,18-;12-,15-;9-,12-/m111/s1. The average Bonchev–Trinajstić information content (AvgIpc) is 1.88. The molecule has 0 saturated carbocycles. The molecule has 0 radical (unpaired) electrons. The topological polar surface area (TPSA) is 363 Å². The fourth-order valence-electron chi connectivity index (χ4n) is 9.03. The van der Waals surface area contributed by atoms with Crippen molar-refractivity contribution in [1.82, 2.24) is 61.1 Å². The molecule has 11 heterocycles. The summed E-state index contributed by atoms with van der Waals surface area (Å²) >= 11 is 9.96. The van der Waals surface area contributed by atoms with Crippen LogP contribution in [0.2, 0.25) is 0 Å². The number of nitrogens with zero attached hydrogens (tertiary/aromatic N) is 10. The molecule has 5 aromatic heterocycles. The third kappa shape index (κ3) is 14.0. The number of esters is 1. The summed E-state index contributed by atoms with van der Waals surface area (Å²) in [7, 11) is 0. The summed E-state index contributed by atoms with van der Waals surface area (Å²) in [5.74, 6) is -4.98. The van der Waals surface area contributed by atoms with Crippen molar-refractivity contribution in [3.8, 4) is 0 Å². The van der Waals surface area contributed by atoms with Gasteiger partial charge in [0.15, 0.2) is 23.3 Å². The van der Waals surface area contributed by atoms with Crippen LogP contribution in [0.25, 0.3) is 0 Å². The molecule has 6 aliphatic heterocycles. The minimum absolute atomic E-state index is 0.0153. The van der Waals surface area contributed by atoms with Crippen molar-refractivity contribution < 1.29 is 72.6 Å². The molecule has 0 aliphatic carbocycles. The molecule has 6 atom stereocenters. The van der Waals surface area contributed by atoms with Gasteiger partial charge in [-0.1, -0.05) is 41.3 Å². The lowest BCUT2D eigenvalue weighted by Crippen LogP contribution is -2.71. The Morgan fingerprint density at radius 1 is 0.711 bits per heavy atom. The van der Waals surface area contributed by atoms with E-state index in [0.717, 1.165) is 24.0 Å². The van der Waals surface area contributed by atoms with Crippen molar-refractivity contribution in [2.75, 3.05) is 29.6 Å². The molecule has 11 rings (SSSR count). The van der Waals surface area contributed by atoms with Crippen molar-refractivity contribution in [3.63, 3.8) is 0 Å². The first-order valence-electron chi connectivity index (χ1n) is 24.7. The van der Waals surface area contributed by atoms with Gasteiger partial charge in [0.2, 0.25) is 17.7 Å². The molecule has 0 aromatic carbocycles. The lowest BCUT2D eigenvalue weighted by molar-refractivity contribution is -0.689. The van der Waals surface area contributed by atoms with E-state index in [2.05, 4.69) is 41.7 Å². The van der Waals surface area contributed by atoms with Crippen LogP contribution >= 0.6 is 81.1 Å². The maximum Gasteiger partial charge on any atom is 0.352 e. The minimum atomic E-state index is -1.37. The van der Waals surface area contributed by atoms with Gasteiger partial charge in [0, 0.05) is 63.0 Å². The Bertz CT molecular complexity index is 3430. The Hall–Kier alpha value is -7.50. The van der Waals surface area contributed by atoms with E-state index in [1.54, 1.807) is 0 Å². The zero-order chi connectivity index (χ0) is 59.1. The maximum atomic E-state index is 12.6. The Morgan fingerprint density at radius 3 is 1.70 bits per heavy atom. The molecule has 3 fully saturated rings. The summed E-state index contributed by atoms with van der Waals surface area (Å²) in [4.78, 5) is 126. The molecule has 6 aliphatic rings. The number of carbonyl (C=O) groups is 10. The number of amides is 6. The van der Waals surface area contributed by atoms with Gasteiger partial charge in [0.05, 0.1) is 24.5 Å². The van der Waals surface area contributed by atoms with Crippen LogP contribution in [0.5, 0.6) is 0 Å². The number of carboxylic acid groups (broad SMARTS) is 3. The number of β-lactam (4-membered cyclic amide) rings is 3. The summed E-state index contributed by atoms with van der Waals surface area (Å²) in [6.45, 7) is 3.14. The fourth-order valence-corrected chi connectivity index (χ4v) is 16.4. The summed E-state index contributed by atoms with van der Waals surface area (Å²) in [5, 5.41) is 60.6. The second kappa shape index (κ2) is 26.8. The van der Waals surface area contributed by atoms with Crippen molar-refractivity contribution in [2.24, 2.45) is 0 Å². The van der Waals surface area contributed by atoms with Crippen molar-refractivity contribution in [3.05, 3.63) is 121 Å². The smallest absolute Gasteiger partial charge is 0.352 e. The molecule has 0 unspecified atom stereocenters. The average molecular weight is 1270 g/mol. The number of rotatable bonds is 19. The molecular formula is C49H47N13O14S7. The molecule has 3 saturated heterocycles. The summed E-state index contributed by atoms with van der Waals surface area (Å²) in [6, 6.07) is 10.7. The third-order valence-corrected chi connectivity index (χ3v) is 20.5. The van der Waals surface area contributed by atoms with Gasteiger partial charge in [-0.15, -0.1) is 73.3 Å². The number of pyridine rings is 1. The minimum Gasteiger partial charge on any atom is -0.543 e. The molecule has 434 valence electrons. The number of aliphatic carboxylic acids is 3. The lowest BCUT2D eigenvalue weighted by atomic mass is 10.0. The number of nitrogens with one attached hydrogen (secondary N) is 3. The Labute approximate surface area is 499 Å². The Kier molecular flexibility index (Phi) is 19.4. The van der Waals surface area contributed by atoms with Crippen molar-refractivity contribution >= 4 is 140 Å². The number of ether oxygens (including phenoxy) is 1. The van der Waals surface area contributed by atoms with Gasteiger partial charge in [-0.05, 0) is 45.8 Å². The predicted octanol–water partition coefficient (Wildman–Crippen LogP) is -0.362. The quantitative estimate of drug-likeness (QED) is 0.0305. The number of thioether (sulfide) groups is 4. The van der Waals surface area contributed by atoms with Crippen LogP contribution in [0.3, 0.4) is 0 Å². The number of thiophene rings is 2.